The Labute approximate surface area is 212 Å². The Kier molecular flexibility index (Phi) is 7.67. The van der Waals surface area contributed by atoms with E-state index in [1.54, 1.807) is 0 Å². The average molecular weight is 483 g/mol. The molecule has 0 nitrogen and oxygen atoms in total. The van der Waals surface area contributed by atoms with Crippen molar-refractivity contribution in [3.63, 3.8) is 0 Å². The lowest BCUT2D eigenvalue weighted by molar-refractivity contribution is 0.778. The van der Waals surface area contributed by atoms with Crippen LogP contribution < -0.4 is 0 Å². The lowest BCUT2D eigenvalue weighted by Gasteiger charge is -2.18. The summed E-state index contributed by atoms with van der Waals surface area (Å²) in [6.45, 7) is 4.58. The normalized spacial score (nSPS) is 11.8. The zero-order valence-electron chi connectivity index (χ0n) is 20.4. The topological polar surface area (TPSA) is 0 Å². The fraction of sp³-hybridized carbons (Fsp3) is 0.312. The van der Waals surface area contributed by atoms with E-state index in [0.717, 1.165) is 0 Å². The SMILES string of the molecule is CCCCCSc1c2cc3ccccc3cc2c(SCCCCC)c2cc3ccccc3cc12. The number of thioether (sulfide) groups is 2. The third-order valence-electron chi connectivity index (χ3n) is 6.74. The fourth-order valence-corrected chi connectivity index (χ4v) is 7.29. The van der Waals surface area contributed by atoms with E-state index in [-0.39, 0.29) is 0 Å². The van der Waals surface area contributed by atoms with E-state index >= 15 is 0 Å². The van der Waals surface area contributed by atoms with Crippen LogP contribution in [0.4, 0.5) is 0 Å². The second-order valence-corrected chi connectivity index (χ2v) is 11.5. The second kappa shape index (κ2) is 11.1. The Bertz CT molecular complexity index is 1230. The molecule has 0 saturated heterocycles. The van der Waals surface area contributed by atoms with E-state index < -0.39 is 0 Å². The molecule has 5 aromatic rings. The van der Waals surface area contributed by atoms with Crippen LogP contribution in [0.3, 0.4) is 0 Å². The highest BCUT2D eigenvalue weighted by molar-refractivity contribution is 8.00. The van der Waals surface area contributed by atoms with Gasteiger partial charge in [-0.2, -0.15) is 0 Å². The van der Waals surface area contributed by atoms with Crippen LogP contribution in [-0.2, 0) is 0 Å². The van der Waals surface area contributed by atoms with Crippen molar-refractivity contribution in [2.45, 2.75) is 62.2 Å². The molecule has 0 bridgehead atoms. The van der Waals surface area contributed by atoms with Gasteiger partial charge in [0.2, 0.25) is 0 Å². The molecule has 0 N–H and O–H groups in total. The van der Waals surface area contributed by atoms with Crippen LogP contribution in [0.15, 0.2) is 82.6 Å². The molecule has 0 saturated carbocycles. The summed E-state index contributed by atoms with van der Waals surface area (Å²) < 4.78 is 0. The lowest BCUT2D eigenvalue weighted by Crippen LogP contribution is -1.92. The smallest absolute Gasteiger partial charge is 0.0230 e. The predicted molar refractivity (Wildman–Crippen MR) is 157 cm³/mol. The van der Waals surface area contributed by atoms with Gasteiger partial charge in [0.15, 0.2) is 0 Å². The number of hydrogen-bond acceptors (Lipinski definition) is 2. The number of fused-ring (bicyclic) bond motifs is 4. The molecule has 0 spiro atoms. The molecule has 0 amide bonds. The Morgan fingerprint density at radius 1 is 0.471 bits per heavy atom. The van der Waals surface area contributed by atoms with E-state index in [9.17, 15) is 0 Å². The van der Waals surface area contributed by atoms with Crippen LogP contribution in [0.25, 0.3) is 43.1 Å². The molecule has 5 aromatic carbocycles. The quantitative estimate of drug-likeness (QED) is 0.110. The molecule has 0 aliphatic heterocycles. The van der Waals surface area contributed by atoms with Crippen LogP contribution in [0.2, 0.25) is 0 Å². The van der Waals surface area contributed by atoms with E-state index in [4.69, 9.17) is 0 Å². The van der Waals surface area contributed by atoms with E-state index in [0.29, 0.717) is 0 Å². The summed E-state index contributed by atoms with van der Waals surface area (Å²) in [7, 11) is 0. The number of unbranched alkanes of at least 4 members (excludes halogenated alkanes) is 4. The van der Waals surface area contributed by atoms with E-state index in [1.807, 2.05) is 0 Å². The van der Waals surface area contributed by atoms with Gasteiger partial charge >= 0.3 is 0 Å². The van der Waals surface area contributed by atoms with Crippen molar-refractivity contribution in [1.29, 1.82) is 0 Å². The maximum Gasteiger partial charge on any atom is 0.0230 e. The first kappa shape index (κ1) is 23.6. The molecule has 2 heteroatoms. The van der Waals surface area contributed by atoms with Crippen molar-refractivity contribution in [2.24, 2.45) is 0 Å². The Balaban J connectivity index is 1.79. The highest BCUT2D eigenvalue weighted by Crippen LogP contribution is 2.45. The molecule has 34 heavy (non-hydrogen) atoms. The highest BCUT2D eigenvalue weighted by Gasteiger charge is 2.17. The first-order valence-electron chi connectivity index (χ1n) is 12.9. The number of benzene rings is 5. The van der Waals surface area contributed by atoms with E-state index in [1.165, 1.54) is 103 Å². The van der Waals surface area contributed by atoms with Crippen molar-refractivity contribution in [1.82, 2.24) is 0 Å². The van der Waals surface area contributed by atoms with Gasteiger partial charge in [0, 0.05) is 9.79 Å². The fourth-order valence-electron chi connectivity index (χ4n) is 4.89. The minimum absolute atomic E-state index is 1.18. The summed E-state index contributed by atoms with van der Waals surface area (Å²) >= 11 is 4.14. The summed E-state index contributed by atoms with van der Waals surface area (Å²) in [5, 5.41) is 11.1. The number of rotatable bonds is 10. The van der Waals surface area contributed by atoms with E-state index in [2.05, 4.69) is 110 Å². The van der Waals surface area contributed by atoms with Crippen LogP contribution in [0, 0.1) is 0 Å². The summed E-state index contributed by atoms with van der Waals surface area (Å²) in [5.41, 5.74) is 0. The van der Waals surface area contributed by atoms with Crippen LogP contribution in [0.5, 0.6) is 0 Å². The third kappa shape index (κ3) is 4.81. The molecule has 0 fully saturated rings. The summed E-state index contributed by atoms with van der Waals surface area (Å²) in [6, 6.07) is 27.5. The Morgan fingerprint density at radius 2 is 0.794 bits per heavy atom. The molecule has 0 aromatic heterocycles. The van der Waals surface area contributed by atoms with Crippen molar-refractivity contribution in [3.05, 3.63) is 72.8 Å². The molecule has 0 heterocycles. The van der Waals surface area contributed by atoms with Gasteiger partial charge in [0.05, 0.1) is 0 Å². The zero-order chi connectivity index (χ0) is 23.3. The van der Waals surface area contributed by atoms with Gasteiger partial charge in [-0.3, -0.25) is 0 Å². The van der Waals surface area contributed by atoms with Crippen LogP contribution in [0.1, 0.15) is 52.4 Å². The lowest BCUT2D eigenvalue weighted by atomic mass is 9.97. The molecular weight excluding hydrogens is 448 g/mol. The molecule has 0 radical (unpaired) electrons. The van der Waals surface area contributed by atoms with Gasteiger partial charge in [-0.15, -0.1) is 23.5 Å². The van der Waals surface area contributed by atoms with Crippen LogP contribution >= 0.6 is 23.5 Å². The Hall–Kier alpha value is -2.16. The van der Waals surface area contributed by atoms with Crippen molar-refractivity contribution < 1.29 is 0 Å². The van der Waals surface area contributed by atoms with Gasteiger partial charge in [-0.25, -0.2) is 0 Å². The molecule has 174 valence electrons. The van der Waals surface area contributed by atoms with Crippen molar-refractivity contribution in [3.8, 4) is 0 Å². The zero-order valence-corrected chi connectivity index (χ0v) is 22.0. The van der Waals surface area contributed by atoms with Crippen molar-refractivity contribution in [2.75, 3.05) is 11.5 Å². The van der Waals surface area contributed by atoms with Crippen LogP contribution in [-0.4, -0.2) is 11.5 Å². The molecule has 5 rings (SSSR count). The molecular formula is C32H34S2. The average Bonchev–Trinajstić information content (AvgIpc) is 2.87. The molecule has 0 aliphatic rings. The first-order valence-corrected chi connectivity index (χ1v) is 14.8. The minimum Gasteiger partial charge on any atom is -0.125 e. The molecule has 0 unspecified atom stereocenters. The summed E-state index contributed by atoms with van der Waals surface area (Å²) in [4.78, 5) is 2.94. The summed E-state index contributed by atoms with van der Waals surface area (Å²) in [6.07, 6.45) is 7.70. The largest absolute Gasteiger partial charge is 0.125 e. The Morgan fingerprint density at radius 3 is 1.09 bits per heavy atom. The van der Waals surface area contributed by atoms with Gasteiger partial charge in [0.25, 0.3) is 0 Å². The summed E-state index contributed by atoms with van der Waals surface area (Å²) in [5.74, 6) is 2.36. The number of hydrogen-bond donors (Lipinski definition) is 0. The molecule has 0 atom stereocenters. The van der Waals surface area contributed by atoms with Gasteiger partial charge in [-0.1, -0.05) is 88.1 Å². The predicted octanol–water partition coefficient (Wildman–Crippen LogP) is 10.9. The second-order valence-electron chi connectivity index (χ2n) is 9.26. The first-order chi connectivity index (χ1) is 16.8. The van der Waals surface area contributed by atoms with Gasteiger partial charge in [0.1, 0.15) is 0 Å². The standard InChI is InChI=1S/C32H34S2/c1-3-5-11-17-33-31-27-19-23-13-7-9-15-25(23)21-29(27)32(34-18-12-6-4-2)30-22-26-16-10-8-14-24(26)20-28(30)31/h7-10,13-16,19-22H,3-6,11-12,17-18H2,1-2H3. The van der Waals surface area contributed by atoms with Crippen molar-refractivity contribution >= 4 is 66.6 Å². The molecule has 0 aliphatic carbocycles. The third-order valence-corrected chi connectivity index (χ3v) is 9.18. The monoisotopic (exact) mass is 482 g/mol. The maximum absolute atomic E-state index is 2.46. The minimum atomic E-state index is 1.18. The van der Waals surface area contributed by atoms with Gasteiger partial charge < -0.3 is 0 Å². The highest BCUT2D eigenvalue weighted by atomic mass is 32.2. The maximum atomic E-state index is 2.46. The van der Waals surface area contributed by atoms with Gasteiger partial charge in [-0.05, 0) is 91.7 Å².